The highest BCUT2D eigenvalue weighted by atomic mass is 19.1. The first-order valence-corrected chi connectivity index (χ1v) is 14.5. The fourth-order valence-electron chi connectivity index (χ4n) is 5.49. The summed E-state index contributed by atoms with van der Waals surface area (Å²) in [6, 6.07) is 6.87. The lowest BCUT2D eigenvalue weighted by molar-refractivity contribution is 0.0499. The molecule has 1 aliphatic rings. The fourth-order valence-corrected chi connectivity index (χ4v) is 5.49. The number of aromatic nitrogens is 5. The molecule has 0 spiro atoms. The van der Waals surface area contributed by atoms with E-state index in [9.17, 15) is 9.59 Å². The van der Waals surface area contributed by atoms with Gasteiger partial charge in [0.25, 0.3) is 5.91 Å². The predicted molar refractivity (Wildman–Crippen MR) is 165 cm³/mol. The minimum Gasteiger partial charge on any atom is -0.444 e. The maximum absolute atomic E-state index is 15.6. The normalized spacial score (nSPS) is 15.4. The summed E-state index contributed by atoms with van der Waals surface area (Å²) in [5, 5.41) is 7.18. The zero-order valence-corrected chi connectivity index (χ0v) is 24.7. The van der Waals surface area contributed by atoms with Crippen LogP contribution in [0.15, 0.2) is 61.6 Å². The van der Waals surface area contributed by atoms with E-state index in [0.717, 1.165) is 30.6 Å². The molecule has 1 aliphatic heterocycles. The third-order valence-electron chi connectivity index (χ3n) is 7.43. The fraction of sp³-hybridized carbons (Fsp3) is 0.312. The number of nitrogens with one attached hydrogen (secondary N) is 3. The molecule has 0 aliphatic carbocycles. The van der Waals surface area contributed by atoms with E-state index in [-0.39, 0.29) is 24.0 Å². The van der Waals surface area contributed by atoms with Crippen molar-refractivity contribution in [2.45, 2.75) is 51.8 Å². The van der Waals surface area contributed by atoms with Crippen molar-refractivity contribution >= 4 is 39.6 Å². The van der Waals surface area contributed by atoms with Crippen LogP contribution in [-0.2, 0) is 11.3 Å². The van der Waals surface area contributed by atoms with Gasteiger partial charge in [0.1, 0.15) is 28.9 Å². The largest absolute Gasteiger partial charge is 0.444 e. The Morgan fingerprint density at radius 3 is 2.73 bits per heavy atom. The van der Waals surface area contributed by atoms with Gasteiger partial charge in [-0.1, -0.05) is 0 Å². The molecule has 5 heterocycles. The van der Waals surface area contributed by atoms with Crippen LogP contribution in [-0.4, -0.2) is 61.7 Å². The number of aromatic amines is 1. The van der Waals surface area contributed by atoms with Crippen LogP contribution in [0.25, 0.3) is 33.1 Å². The van der Waals surface area contributed by atoms with Crippen LogP contribution in [0.1, 0.15) is 49.5 Å². The number of piperidine rings is 1. The van der Waals surface area contributed by atoms with Crippen molar-refractivity contribution in [3.05, 3.63) is 78.5 Å². The first-order valence-electron chi connectivity index (χ1n) is 14.5. The van der Waals surface area contributed by atoms with Crippen molar-refractivity contribution in [2.24, 2.45) is 0 Å². The summed E-state index contributed by atoms with van der Waals surface area (Å²) in [5.74, 6) is -0.757. The SMILES string of the molecule is CC(C)(C)OC(=O)N[C@@H]1CCCN(c2ccnc3c(F)cc(-c4c[nH]c5ncc(C(=O)NCc6cncnc6)cc45)cc23)C1. The smallest absolute Gasteiger partial charge is 0.407 e. The minimum absolute atomic E-state index is 0.117. The van der Waals surface area contributed by atoms with E-state index in [2.05, 4.69) is 40.5 Å². The second-order valence-corrected chi connectivity index (χ2v) is 11.9. The first-order chi connectivity index (χ1) is 21.1. The molecule has 12 heteroatoms. The molecule has 0 unspecified atom stereocenters. The zero-order valence-electron chi connectivity index (χ0n) is 24.7. The highest BCUT2D eigenvalue weighted by Gasteiger charge is 2.26. The molecular weight excluding hydrogens is 563 g/mol. The Labute approximate surface area is 253 Å². The van der Waals surface area contributed by atoms with E-state index in [0.29, 0.717) is 39.7 Å². The number of benzene rings is 1. The number of hydrogen-bond donors (Lipinski definition) is 3. The number of anilines is 1. The maximum atomic E-state index is 15.6. The molecule has 0 saturated carbocycles. The van der Waals surface area contributed by atoms with Crippen molar-refractivity contribution in [1.82, 2.24) is 35.6 Å². The van der Waals surface area contributed by atoms with Crippen molar-refractivity contribution in [3.8, 4) is 11.1 Å². The van der Waals surface area contributed by atoms with E-state index < -0.39 is 17.5 Å². The lowest BCUT2D eigenvalue weighted by atomic mass is 10.00. The number of halogens is 1. The van der Waals surface area contributed by atoms with Crippen molar-refractivity contribution < 1.29 is 18.7 Å². The molecule has 0 bridgehead atoms. The number of fused-ring (bicyclic) bond motifs is 2. The Kier molecular flexibility index (Phi) is 7.81. The first kappa shape index (κ1) is 29.0. The molecule has 2 amide bonds. The summed E-state index contributed by atoms with van der Waals surface area (Å²) < 4.78 is 21.1. The van der Waals surface area contributed by atoms with Gasteiger partial charge in [-0.05, 0) is 63.4 Å². The highest BCUT2D eigenvalue weighted by Crippen LogP contribution is 2.36. The van der Waals surface area contributed by atoms with Gasteiger partial charge in [-0.2, -0.15) is 0 Å². The van der Waals surface area contributed by atoms with E-state index in [1.807, 2.05) is 32.9 Å². The van der Waals surface area contributed by atoms with Gasteiger partial charge < -0.3 is 25.3 Å². The van der Waals surface area contributed by atoms with Gasteiger partial charge in [-0.15, -0.1) is 0 Å². The summed E-state index contributed by atoms with van der Waals surface area (Å²) in [4.78, 5) is 47.3. The number of amides is 2. The standard InChI is InChI=1S/C32H33FN8O3/c1-32(2,3)44-31(43)40-22-5-4-8-41(17-22)27-6-7-36-28-24(27)9-20(11-26(28)33)25-16-38-29-23(25)10-21(15-37-29)30(42)39-14-19-12-34-18-35-13-19/h6-7,9-13,15-16,18,22H,4-5,8,14,17H2,1-3H3,(H,37,38)(H,39,42)(H,40,43)/t22-/m1/s1. The highest BCUT2D eigenvalue weighted by molar-refractivity contribution is 6.03. The third kappa shape index (κ3) is 6.29. The number of H-pyrrole nitrogens is 1. The van der Waals surface area contributed by atoms with Crippen LogP contribution in [0.2, 0.25) is 0 Å². The van der Waals surface area contributed by atoms with E-state index in [4.69, 9.17) is 4.74 Å². The molecule has 1 aromatic carbocycles. The van der Waals surface area contributed by atoms with Crippen LogP contribution >= 0.6 is 0 Å². The maximum Gasteiger partial charge on any atom is 0.407 e. The average Bonchev–Trinajstić information content (AvgIpc) is 3.43. The number of alkyl carbamates (subject to hydrolysis) is 1. The molecule has 4 aromatic heterocycles. The Morgan fingerprint density at radius 1 is 1.11 bits per heavy atom. The molecule has 44 heavy (non-hydrogen) atoms. The summed E-state index contributed by atoms with van der Waals surface area (Å²) in [6.45, 7) is 7.06. The van der Waals surface area contributed by atoms with Gasteiger partial charge in [0.15, 0.2) is 0 Å². The average molecular weight is 597 g/mol. The lowest BCUT2D eigenvalue weighted by Gasteiger charge is -2.35. The van der Waals surface area contributed by atoms with Gasteiger partial charge >= 0.3 is 6.09 Å². The van der Waals surface area contributed by atoms with Crippen LogP contribution in [0.3, 0.4) is 0 Å². The number of carbonyl (C=O) groups excluding carboxylic acids is 2. The Hall–Kier alpha value is -5.13. The Balaban J connectivity index is 1.29. The summed E-state index contributed by atoms with van der Waals surface area (Å²) >= 11 is 0. The second-order valence-electron chi connectivity index (χ2n) is 11.9. The number of hydrogen-bond acceptors (Lipinski definition) is 8. The number of pyridine rings is 2. The number of rotatable bonds is 6. The number of carbonyl (C=O) groups is 2. The van der Waals surface area contributed by atoms with Crippen molar-refractivity contribution in [1.29, 1.82) is 0 Å². The molecule has 11 nitrogen and oxygen atoms in total. The molecule has 1 atom stereocenters. The Morgan fingerprint density at radius 2 is 1.93 bits per heavy atom. The van der Waals surface area contributed by atoms with Gasteiger partial charge in [0, 0.05) is 84.2 Å². The molecule has 1 fully saturated rings. The Bertz CT molecular complexity index is 1840. The summed E-state index contributed by atoms with van der Waals surface area (Å²) in [7, 11) is 0. The molecule has 0 radical (unpaired) electrons. The van der Waals surface area contributed by atoms with E-state index in [1.165, 1.54) is 18.6 Å². The van der Waals surface area contributed by atoms with Crippen molar-refractivity contribution in [2.75, 3.05) is 18.0 Å². The molecule has 1 saturated heterocycles. The lowest BCUT2D eigenvalue weighted by Crippen LogP contribution is -2.49. The number of nitrogens with zero attached hydrogens (tertiary/aromatic N) is 5. The van der Waals surface area contributed by atoms with Crippen molar-refractivity contribution in [3.63, 3.8) is 0 Å². The second kappa shape index (κ2) is 11.9. The molecule has 3 N–H and O–H groups in total. The van der Waals surface area contributed by atoms with Crippen LogP contribution in [0, 0.1) is 5.82 Å². The predicted octanol–water partition coefficient (Wildman–Crippen LogP) is 5.13. The molecule has 226 valence electrons. The van der Waals surface area contributed by atoms with Crippen LogP contribution < -0.4 is 15.5 Å². The number of ether oxygens (including phenoxy) is 1. The van der Waals surface area contributed by atoms with E-state index in [1.54, 1.807) is 30.9 Å². The monoisotopic (exact) mass is 596 g/mol. The molecule has 6 rings (SSSR count). The minimum atomic E-state index is -0.590. The van der Waals surface area contributed by atoms with Gasteiger partial charge in [-0.3, -0.25) is 9.78 Å². The van der Waals surface area contributed by atoms with Gasteiger partial charge in [0.2, 0.25) is 0 Å². The van der Waals surface area contributed by atoms with E-state index >= 15 is 4.39 Å². The van der Waals surface area contributed by atoms with Crippen LogP contribution in [0.4, 0.5) is 14.9 Å². The summed E-state index contributed by atoms with van der Waals surface area (Å²) in [5.41, 5.74) is 3.55. The summed E-state index contributed by atoms with van der Waals surface area (Å²) in [6.07, 6.45) is 10.8. The molecular formula is C32H33FN8O3. The van der Waals surface area contributed by atoms with Crippen LogP contribution in [0.5, 0.6) is 0 Å². The quantitative estimate of drug-likeness (QED) is 0.245. The van der Waals surface area contributed by atoms with Gasteiger partial charge in [-0.25, -0.2) is 24.1 Å². The van der Waals surface area contributed by atoms with Gasteiger partial charge in [0.05, 0.1) is 5.56 Å². The molecule has 5 aromatic rings. The zero-order chi connectivity index (χ0) is 30.8. The third-order valence-corrected chi connectivity index (χ3v) is 7.43. The topological polar surface area (TPSA) is 138 Å².